The van der Waals surface area contributed by atoms with Gasteiger partial charge < -0.3 is 15.8 Å². The molecule has 4 nitrogen and oxygen atoms in total. The second-order valence-corrected chi connectivity index (χ2v) is 4.80. The predicted molar refractivity (Wildman–Crippen MR) is 80.7 cm³/mol. The van der Waals surface area contributed by atoms with Crippen LogP contribution >= 0.6 is 0 Å². The van der Waals surface area contributed by atoms with Crippen molar-refractivity contribution in [1.29, 1.82) is 0 Å². The number of aryl methyl sites for hydroxylation is 1. The van der Waals surface area contributed by atoms with Crippen LogP contribution in [0.2, 0.25) is 0 Å². The van der Waals surface area contributed by atoms with Crippen molar-refractivity contribution in [3.8, 4) is 5.75 Å². The molecule has 2 rings (SSSR count). The molecule has 0 aliphatic heterocycles. The SMILES string of the molecule is Cc1ccc(OC(C)C(=O)Nc2cc(N)ccc2F)cc1. The van der Waals surface area contributed by atoms with Crippen LogP contribution in [0.1, 0.15) is 12.5 Å². The summed E-state index contributed by atoms with van der Waals surface area (Å²) >= 11 is 0. The van der Waals surface area contributed by atoms with Crippen molar-refractivity contribution in [2.45, 2.75) is 20.0 Å². The topological polar surface area (TPSA) is 64.3 Å². The Morgan fingerprint density at radius 1 is 1.24 bits per heavy atom. The lowest BCUT2D eigenvalue weighted by Gasteiger charge is -2.15. The lowest BCUT2D eigenvalue weighted by atomic mass is 10.2. The first-order valence-corrected chi connectivity index (χ1v) is 6.55. The number of hydrogen-bond donors (Lipinski definition) is 2. The van der Waals surface area contributed by atoms with Gasteiger partial charge in [-0.25, -0.2) is 4.39 Å². The van der Waals surface area contributed by atoms with Crippen molar-refractivity contribution in [1.82, 2.24) is 0 Å². The van der Waals surface area contributed by atoms with Crippen LogP contribution in [0.5, 0.6) is 5.75 Å². The Labute approximate surface area is 122 Å². The Hall–Kier alpha value is -2.56. The summed E-state index contributed by atoms with van der Waals surface area (Å²) in [6.07, 6.45) is -0.756. The summed E-state index contributed by atoms with van der Waals surface area (Å²) in [5.74, 6) is -0.406. The second kappa shape index (κ2) is 6.26. The molecule has 0 aliphatic rings. The number of nitrogens with two attached hydrogens (primary N) is 1. The maximum atomic E-state index is 13.6. The number of hydrogen-bond acceptors (Lipinski definition) is 3. The maximum Gasteiger partial charge on any atom is 0.265 e. The van der Waals surface area contributed by atoms with Gasteiger partial charge in [-0.2, -0.15) is 0 Å². The first-order chi connectivity index (χ1) is 9.95. The van der Waals surface area contributed by atoms with Crippen molar-refractivity contribution < 1.29 is 13.9 Å². The van der Waals surface area contributed by atoms with Crippen LogP contribution < -0.4 is 15.8 Å². The molecule has 0 saturated heterocycles. The molecule has 0 aromatic heterocycles. The number of anilines is 2. The highest BCUT2D eigenvalue weighted by molar-refractivity contribution is 5.94. The molecule has 110 valence electrons. The number of carbonyl (C=O) groups excluding carboxylic acids is 1. The summed E-state index contributed by atoms with van der Waals surface area (Å²) in [6, 6.07) is 11.3. The number of rotatable bonds is 4. The van der Waals surface area contributed by atoms with Crippen LogP contribution in [-0.2, 0) is 4.79 Å². The molecule has 21 heavy (non-hydrogen) atoms. The van der Waals surface area contributed by atoms with E-state index in [0.29, 0.717) is 11.4 Å². The van der Waals surface area contributed by atoms with Gasteiger partial charge in [-0.05, 0) is 44.2 Å². The van der Waals surface area contributed by atoms with Crippen molar-refractivity contribution in [3.05, 3.63) is 53.8 Å². The van der Waals surface area contributed by atoms with E-state index < -0.39 is 17.8 Å². The number of ether oxygens (including phenoxy) is 1. The van der Waals surface area contributed by atoms with Crippen LogP contribution in [0.3, 0.4) is 0 Å². The Kier molecular flexibility index (Phi) is 4.42. The molecule has 2 aromatic carbocycles. The molecule has 0 radical (unpaired) electrons. The molecule has 2 aromatic rings. The highest BCUT2D eigenvalue weighted by Crippen LogP contribution is 2.19. The molecule has 0 fully saturated rings. The van der Waals surface area contributed by atoms with Crippen LogP contribution in [0.15, 0.2) is 42.5 Å². The van der Waals surface area contributed by atoms with Crippen molar-refractivity contribution in [2.75, 3.05) is 11.1 Å². The van der Waals surface area contributed by atoms with Gasteiger partial charge in [0.1, 0.15) is 11.6 Å². The van der Waals surface area contributed by atoms with E-state index >= 15 is 0 Å². The van der Waals surface area contributed by atoms with Gasteiger partial charge in [0.25, 0.3) is 5.91 Å². The number of carbonyl (C=O) groups is 1. The van der Waals surface area contributed by atoms with E-state index in [9.17, 15) is 9.18 Å². The summed E-state index contributed by atoms with van der Waals surface area (Å²) in [7, 11) is 0. The van der Waals surface area contributed by atoms with Gasteiger partial charge in [-0.3, -0.25) is 4.79 Å². The van der Waals surface area contributed by atoms with Crippen molar-refractivity contribution in [2.24, 2.45) is 0 Å². The monoisotopic (exact) mass is 288 g/mol. The smallest absolute Gasteiger partial charge is 0.265 e. The minimum absolute atomic E-state index is 0.0411. The van der Waals surface area contributed by atoms with E-state index in [1.54, 1.807) is 19.1 Å². The van der Waals surface area contributed by atoms with Crippen LogP contribution in [-0.4, -0.2) is 12.0 Å². The molecular formula is C16H17FN2O2. The van der Waals surface area contributed by atoms with Crippen molar-refractivity contribution in [3.63, 3.8) is 0 Å². The first-order valence-electron chi connectivity index (χ1n) is 6.55. The Morgan fingerprint density at radius 2 is 1.90 bits per heavy atom. The zero-order valence-corrected chi connectivity index (χ0v) is 11.9. The van der Waals surface area contributed by atoms with Gasteiger partial charge in [0.2, 0.25) is 0 Å². The van der Waals surface area contributed by atoms with Gasteiger partial charge in [0.15, 0.2) is 6.10 Å². The van der Waals surface area contributed by atoms with E-state index in [-0.39, 0.29) is 5.69 Å². The van der Waals surface area contributed by atoms with Gasteiger partial charge in [-0.1, -0.05) is 17.7 Å². The maximum absolute atomic E-state index is 13.6. The van der Waals surface area contributed by atoms with E-state index in [1.807, 2.05) is 19.1 Å². The Morgan fingerprint density at radius 3 is 2.57 bits per heavy atom. The third-order valence-corrected chi connectivity index (χ3v) is 2.95. The molecule has 0 aliphatic carbocycles. The zero-order valence-electron chi connectivity index (χ0n) is 11.9. The van der Waals surface area contributed by atoms with Gasteiger partial charge in [-0.15, -0.1) is 0 Å². The lowest BCUT2D eigenvalue weighted by molar-refractivity contribution is -0.122. The second-order valence-electron chi connectivity index (χ2n) is 4.80. The molecular weight excluding hydrogens is 271 g/mol. The molecule has 1 amide bonds. The minimum atomic E-state index is -0.756. The fraction of sp³-hybridized carbons (Fsp3) is 0.188. The molecule has 3 N–H and O–H groups in total. The fourth-order valence-corrected chi connectivity index (χ4v) is 1.75. The number of nitrogen functional groups attached to an aromatic ring is 1. The number of benzene rings is 2. The lowest BCUT2D eigenvalue weighted by Crippen LogP contribution is -2.30. The van der Waals surface area contributed by atoms with E-state index in [4.69, 9.17) is 10.5 Å². The number of halogens is 1. The average molecular weight is 288 g/mol. The molecule has 1 unspecified atom stereocenters. The van der Waals surface area contributed by atoms with Gasteiger partial charge >= 0.3 is 0 Å². The highest BCUT2D eigenvalue weighted by Gasteiger charge is 2.16. The van der Waals surface area contributed by atoms with Gasteiger partial charge in [0, 0.05) is 5.69 Å². The standard InChI is InChI=1S/C16H17FN2O2/c1-10-3-6-13(7-4-10)21-11(2)16(20)19-15-9-12(18)5-8-14(15)17/h3-9,11H,18H2,1-2H3,(H,19,20). The normalized spacial score (nSPS) is 11.8. The summed E-state index contributed by atoms with van der Waals surface area (Å²) in [4.78, 5) is 12.0. The molecule has 0 saturated carbocycles. The molecule has 0 heterocycles. The molecule has 1 atom stereocenters. The summed E-state index contributed by atoms with van der Waals surface area (Å²) < 4.78 is 19.1. The summed E-state index contributed by atoms with van der Waals surface area (Å²) in [6.45, 7) is 3.56. The van der Waals surface area contributed by atoms with Gasteiger partial charge in [0.05, 0.1) is 5.69 Å². The Balaban J connectivity index is 2.02. The largest absolute Gasteiger partial charge is 0.481 e. The van der Waals surface area contributed by atoms with Crippen LogP contribution in [0.25, 0.3) is 0 Å². The van der Waals surface area contributed by atoms with E-state index in [1.165, 1.54) is 18.2 Å². The zero-order chi connectivity index (χ0) is 15.4. The van der Waals surface area contributed by atoms with Crippen LogP contribution in [0.4, 0.5) is 15.8 Å². The first kappa shape index (κ1) is 14.8. The third kappa shape index (κ3) is 3.95. The van der Waals surface area contributed by atoms with Crippen LogP contribution in [0, 0.1) is 12.7 Å². The molecule has 0 bridgehead atoms. The van der Waals surface area contributed by atoms with E-state index in [0.717, 1.165) is 5.56 Å². The quantitative estimate of drug-likeness (QED) is 0.850. The molecule has 5 heteroatoms. The summed E-state index contributed by atoms with van der Waals surface area (Å²) in [5, 5.41) is 2.46. The minimum Gasteiger partial charge on any atom is -0.481 e. The van der Waals surface area contributed by atoms with Crippen molar-refractivity contribution >= 4 is 17.3 Å². The predicted octanol–water partition coefficient (Wildman–Crippen LogP) is 3.12. The fourth-order valence-electron chi connectivity index (χ4n) is 1.75. The summed E-state index contributed by atoms with van der Waals surface area (Å²) in [5.41, 5.74) is 7.08. The average Bonchev–Trinajstić information content (AvgIpc) is 2.45. The number of amides is 1. The molecule has 0 spiro atoms. The Bertz CT molecular complexity index is 641. The number of nitrogens with one attached hydrogen (secondary N) is 1. The van der Waals surface area contributed by atoms with E-state index in [2.05, 4.69) is 5.32 Å². The third-order valence-electron chi connectivity index (χ3n) is 2.95. The highest BCUT2D eigenvalue weighted by atomic mass is 19.1.